The van der Waals surface area contributed by atoms with Gasteiger partial charge in [0.05, 0.1) is 53.9 Å². The monoisotopic (exact) mass is 594 g/mol. The van der Waals surface area contributed by atoms with Crippen LogP contribution in [-0.4, -0.2) is 105 Å². The van der Waals surface area contributed by atoms with E-state index in [2.05, 4.69) is 45.1 Å². The summed E-state index contributed by atoms with van der Waals surface area (Å²) in [6.45, 7) is 6.10. The standard InChI is InChI=1S/C35H51N3O5/c1-6-7-19-36(20-11-21-38(2,3)4)33(39)25-37-24-29(27-16-17-32-28(23-27)18-22-43-32)34(35(40)41)30(37)14-10-13-26-12-8-9-15-31(26)42-5/h8-9,12,15-17,23,29-30,34H,6-7,10-11,13-14,18-22,24-25H2,1-5H3/p+1/t29-,30+,34-/m1/s1. The molecule has 43 heavy (non-hydrogen) atoms. The number of aliphatic carboxylic acids is 1. The highest BCUT2D eigenvalue weighted by molar-refractivity contribution is 5.79. The number of hydrogen-bond donors (Lipinski definition) is 1. The first-order valence-corrected chi connectivity index (χ1v) is 16.0. The van der Waals surface area contributed by atoms with Crippen LogP contribution in [0.1, 0.15) is 61.6 Å². The topological polar surface area (TPSA) is 79.3 Å². The minimum atomic E-state index is -0.787. The molecule has 2 aromatic rings. The lowest BCUT2D eigenvalue weighted by molar-refractivity contribution is -0.870. The second-order valence-electron chi connectivity index (χ2n) is 13.2. The Morgan fingerprint density at radius 2 is 1.86 bits per heavy atom. The highest BCUT2D eigenvalue weighted by Gasteiger charge is 2.47. The molecule has 0 saturated carbocycles. The lowest BCUT2D eigenvalue weighted by atomic mass is 9.83. The molecule has 4 rings (SSSR count). The van der Waals surface area contributed by atoms with E-state index in [1.165, 1.54) is 0 Å². The van der Waals surface area contributed by atoms with Crippen LogP contribution in [0.2, 0.25) is 0 Å². The van der Waals surface area contributed by atoms with Gasteiger partial charge in [0.2, 0.25) is 5.91 Å². The summed E-state index contributed by atoms with van der Waals surface area (Å²) in [5, 5.41) is 10.6. The van der Waals surface area contributed by atoms with E-state index < -0.39 is 11.9 Å². The predicted octanol–water partition coefficient (Wildman–Crippen LogP) is 4.85. The summed E-state index contributed by atoms with van der Waals surface area (Å²) < 4.78 is 12.1. The van der Waals surface area contributed by atoms with Crippen molar-refractivity contribution >= 4 is 11.9 Å². The van der Waals surface area contributed by atoms with Gasteiger partial charge in [-0.15, -0.1) is 0 Å². The Morgan fingerprint density at radius 3 is 2.58 bits per heavy atom. The molecule has 1 N–H and O–H groups in total. The first-order chi connectivity index (χ1) is 20.6. The number of benzene rings is 2. The number of carboxylic acid groups (broad SMARTS) is 1. The molecule has 8 nitrogen and oxygen atoms in total. The number of fused-ring (bicyclic) bond motifs is 1. The molecule has 1 saturated heterocycles. The Morgan fingerprint density at radius 1 is 1.09 bits per heavy atom. The summed E-state index contributed by atoms with van der Waals surface area (Å²) in [4.78, 5) is 31.0. The number of carbonyl (C=O) groups is 2. The quantitative estimate of drug-likeness (QED) is 0.280. The number of methoxy groups -OCH3 is 1. The third-order valence-corrected chi connectivity index (χ3v) is 9.04. The van der Waals surface area contributed by atoms with Crippen LogP contribution in [0.25, 0.3) is 0 Å². The SMILES string of the molecule is CCCCN(CCC[N+](C)(C)C)C(=O)CN1C[C@H](c2ccc3c(c2)CCO3)[C@@H](C(=O)O)[C@@H]1CCCc1ccccc1OC. The molecule has 0 spiro atoms. The predicted molar refractivity (Wildman–Crippen MR) is 170 cm³/mol. The van der Waals surface area contributed by atoms with E-state index in [1.807, 2.05) is 35.2 Å². The first-order valence-electron chi connectivity index (χ1n) is 16.0. The summed E-state index contributed by atoms with van der Waals surface area (Å²) in [6, 6.07) is 13.9. The van der Waals surface area contributed by atoms with E-state index in [4.69, 9.17) is 9.47 Å². The zero-order chi connectivity index (χ0) is 31.0. The number of aryl methyl sites for hydroxylation is 1. The Bertz CT molecular complexity index is 1230. The van der Waals surface area contributed by atoms with E-state index in [1.54, 1.807) is 7.11 Å². The van der Waals surface area contributed by atoms with Crippen molar-refractivity contribution in [3.63, 3.8) is 0 Å². The molecule has 8 heteroatoms. The first kappa shape index (κ1) is 32.8. The van der Waals surface area contributed by atoms with Gasteiger partial charge in [-0.3, -0.25) is 14.5 Å². The van der Waals surface area contributed by atoms with Crippen molar-refractivity contribution in [2.75, 3.05) is 67.6 Å². The van der Waals surface area contributed by atoms with Gasteiger partial charge in [0.1, 0.15) is 11.5 Å². The maximum absolute atomic E-state index is 13.9. The highest BCUT2D eigenvalue weighted by Crippen LogP contribution is 2.41. The van der Waals surface area contributed by atoms with Crippen LogP contribution in [0.15, 0.2) is 42.5 Å². The van der Waals surface area contributed by atoms with Crippen molar-refractivity contribution in [1.82, 2.24) is 9.80 Å². The number of carboxylic acids is 1. The molecule has 2 heterocycles. The number of rotatable bonds is 16. The average molecular weight is 595 g/mol. The van der Waals surface area contributed by atoms with E-state index in [0.29, 0.717) is 19.6 Å². The largest absolute Gasteiger partial charge is 0.496 e. The number of para-hydroxylation sites is 1. The number of amides is 1. The van der Waals surface area contributed by atoms with Gasteiger partial charge in [0.15, 0.2) is 0 Å². The maximum Gasteiger partial charge on any atom is 0.308 e. The van der Waals surface area contributed by atoms with Gasteiger partial charge in [-0.2, -0.15) is 0 Å². The van der Waals surface area contributed by atoms with E-state index in [-0.39, 0.29) is 24.4 Å². The number of quaternary nitrogens is 1. The van der Waals surface area contributed by atoms with Gasteiger partial charge in [0, 0.05) is 44.4 Å². The minimum absolute atomic E-state index is 0.108. The number of ether oxygens (including phenoxy) is 2. The van der Waals surface area contributed by atoms with Crippen LogP contribution in [-0.2, 0) is 22.4 Å². The number of hydrogen-bond acceptors (Lipinski definition) is 5. The van der Waals surface area contributed by atoms with Crippen LogP contribution in [0.3, 0.4) is 0 Å². The maximum atomic E-state index is 13.9. The molecular weight excluding hydrogens is 542 g/mol. The number of nitrogens with zero attached hydrogens (tertiary/aromatic N) is 3. The smallest absolute Gasteiger partial charge is 0.308 e. The van der Waals surface area contributed by atoms with Crippen LogP contribution < -0.4 is 9.47 Å². The van der Waals surface area contributed by atoms with E-state index in [9.17, 15) is 14.7 Å². The molecule has 2 aliphatic rings. The zero-order valence-corrected chi connectivity index (χ0v) is 26.9. The third-order valence-electron chi connectivity index (χ3n) is 9.04. The van der Waals surface area contributed by atoms with Gasteiger partial charge in [0.25, 0.3) is 0 Å². The molecule has 0 unspecified atom stereocenters. The number of unbranched alkanes of at least 4 members (excludes halogenated alkanes) is 1. The molecule has 0 bridgehead atoms. The van der Waals surface area contributed by atoms with Crippen LogP contribution in [0.5, 0.6) is 11.5 Å². The number of likely N-dealkylation sites (tertiary alicyclic amines) is 1. The van der Waals surface area contributed by atoms with Gasteiger partial charge < -0.3 is 24.0 Å². The summed E-state index contributed by atoms with van der Waals surface area (Å²) in [5.74, 6) is 0.299. The fraction of sp³-hybridized carbons (Fsp3) is 0.600. The molecule has 0 radical (unpaired) electrons. The summed E-state index contributed by atoms with van der Waals surface area (Å²) >= 11 is 0. The van der Waals surface area contributed by atoms with Gasteiger partial charge >= 0.3 is 5.97 Å². The fourth-order valence-electron chi connectivity index (χ4n) is 6.76. The average Bonchev–Trinajstić information content (AvgIpc) is 3.58. The summed E-state index contributed by atoms with van der Waals surface area (Å²) in [5.41, 5.74) is 3.30. The molecule has 1 fully saturated rings. The molecule has 2 aromatic carbocycles. The van der Waals surface area contributed by atoms with Crippen molar-refractivity contribution in [3.8, 4) is 11.5 Å². The zero-order valence-electron chi connectivity index (χ0n) is 26.9. The molecule has 3 atom stereocenters. The van der Waals surface area contributed by atoms with Crippen molar-refractivity contribution in [2.24, 2.45) is 5.92 Å². The number of carbonyl (C=O) groups excluding carboxylic acids is 1. The molecular formula is C35H52N3O5+. The molecule has 1 amide bonds. The minimum Gasteiger partial charge on any atom is -0.496 e. The Labute approximate surface area is 258 Å². The molecule has 0 aromatic heterocycles. The van der Waals surface area contributed by atoms with Gasteiger partial charge in [-0.25, -0.2) is 0 Å². The lowest BCUT2D eigenvalue weighted by Gasteiger charge is -2.31. The highest BCUT2D eigenvalue weighted by atomic mass is 16.5. The molecule has 236 valence electrons. The lowest BCUT2D eigenvalue weighted by Crippen LogP contribution is -2.45. The van der Waals surface area contributed by atoms with Crippen LogP contribution >= 0.6 is 0 Å². The Kier molecular flexibility index (Phi) is 11.5. The van der Waals surface area contributed by atoms with Crippen molar-refractivity contribution in [1.29, 1.82) is 0 Å². The second-order valence-corrected chi connectivity index (χ2v) is 13.2. The normalized spacial score (nSPS) is 20.1. The van der Waals surface area contributed by atoms with Crippen molar-refractivity contribution < 1.29 is 28.7 Å². The fourth-order valence-corrected chi connectivity index (χ4v) is 6.76. The molecule has 2 aliphatic heterocycles. The van der Waals surface area contributed by atoms with Crippen LogP contribution in [0.4, 0.5) is 0 Å². The second kappa shape index (κ2) is 15.1. The third kappa shape index (κ3) is 8.73. The Balaban J connectivity index is 1.55. The summed E-state index contributed by atoms with van der Waals surface area (Å²) in [6.07, 6.45) is 6.09. The summed E-state index contributed by atoms with van der Waals surface area (Å²) in [7, 11) is 8.21. The van der Waals surface area contributed by atoms with Gasteiger partial charge in [-0.05, 0) is 54.5 Å². The van der Waals surface area contributed by atoms with Crippen molar-refractivity contribution in [2.45, 2.75) is 63.8 Å². The van der Waals surface area contributed by atoms with E-state index in [0.717, 1.165) is 90.8 Å². The Hall–Kier alpha value is -3.10. The van der Waals surface area contributed by atoms with Crippen LogP contribution in [0, 0.1) is 5.92 Å². The van der Waals surface area contributed by atoms with E-state index >= 15 is 0 Å². The molecule has 0 aliphatic carbocycles. The van der Waals surface area contributed by atoms with Gasteiger partial charge in [-0.1, -0.05) is 43.7 Å². The van der Waals surface area contributed by atoms with Crippen molar-refractivity contribution in [3.05, 3.63) is 59.2 Å².